The summed E-state index contributed by atoms with van der Waals surface area (Å²) in [7, 11) is 0. The van der Waals surface area contributed by atoms with Crippen molar-refractivity contribution in [2.75, 3.05) is 18.0 Å². The van der Waals surface area contributed by atoms with E-state index in [-0.39, 0.29) is 0 Å². The fourth-order valence-corrected chi connectivity index (χ4v) is 3.36. The van der Waals surface area contributed by atoms with Gasteiger partial charge >= 0.3 is 0 Å². The minimum Gasteiger partial charge on any atom is -0.348 e. The topological polar surface area (TPSA) is 16.1 Å². The van der Waals surface area contributed by atoms with Crippen LogP contribution < -0.4 is 4.90 Å². The van der Waals surface area contributed by atoms with Crippen LogP contribution in [0.4, 0.5) is 5.13 Å². The normalized spacial score (nSPS) is 16.9. The Morgan fingerprint density at radius 1 is 1.19 bits per heavy atom. The number of nitrogens with zero attached hydrogens (tertiary/aromatic N) is 2. The largest absolute Gasteiger partial charge is 0.348 e. The first-order chi connectivity index (χ1) is 7.83. The summed E-state index contributed by atoms with van der Waals surface area (Å²) >= 11 is 1.83. The van der Waals surface area contributed by atoms with E-state index in [0.717, 1.165) is 5.52 Å². The van der Waals surface area contributed by atoms with E-state index in [1.807, 2.05) is 11.3 Å². The third kappa shape index (κ3) is 1.80. The molecule has 0 saturated carbocycles. The first kappa shape index (κ1) is 10.1. The smallest absolute Gasteiger partial charge is 0.186 e. The predicted molar refractivity (Wildman–Crippen MR) is 70.4 cm³/mol. The number of benzene rings is 1. The Hall–Kier alpha value is -1.09. The quantitative estimate of drug-likeness (QED) is 0.747. The molecule has 0 aliphatic carbocycles. The molecule has 0 bridgehead atoms. The zero-order chi connectivity index (χ0) is 11.0. The van der Waals surface area contributed by atoms with Crippen LogP contribution in [0.15, 0.2) is 18.2 Å². The second-order valence-electron chi connectivity index (χ2n) is 4.52. The predicted octanol–water partition coefficient (Wildman–Crippen LogP) is 3.60. The van der Waals surface area contributed by atoms with E-state index in [9.17, 15) is 0 Å². The third-order valence-corrected chi connectivity index (χ3v) is 4.24. The van der Waals surface area contributed by atoms with Crippen LogP contribution in [0.25, 0.3) is 10.2 Å². The molecule has 2 nitrogen and oxygen atoms in total. The molecule has 1 aromatic carbocycles. The monoisotopic (exact) mass is 232 g/mol. The van der Waals surface area contributed by atoms with E-state index in [2.05, 4.69) is 30.0 Å². The average molecular weight is 232 g/mol. The molecule has 0 radical (unpaired) electrons. The van der Waals surface area contributed by atoms with Crippen molar-refractivity contribution >= 4 is 26.7 Å². The molecule has 0 spiro atoms. The molecule has 0 amide bonds. The minimum absolute atomic E-state index is 1.15. The highest BCUT2D eigenvalue weighted by molar-refractivity contribution is 7.22. The van der Waals surface area contributed by atoms with Gasteiger partial charge in [0.15, 0.2) is 5.13 Å². The van der Waals surface area contributed by atoms with E-state index in [4.69, 9.17) is 4.98 Å². The summed E-state index contributed by atoms with van der Waals surface area (Å²) < 4.78 is 1.32. The van der Waals surface area contributed by atoms with Gasteiger partial charge in [0.25, 0.3) is 0 Å². The number of piperidine rings is 1. The number of aryl methyl sites for hydroxylation is 1. The molecule has 1 fully saturated rings. The molecule has 1 aliphatic rings. The van der Waals surface area contributed by atoms with Gasteiger partial charge in [0.1, 0.15) is 0 Å². The number of hydrogen-bond acceptors (Lipinski definition) is 3. The van der Waals surface area contributed by atoms with E-state index in [1.165, 1.54) is 47.7 Å². The third-order valence-electron chi connectivity index (χ3n) is 3.16. The average Bonchev–Trinajstić information content (AvgIpc) is 2.73. The summed E-state index contributed by atoms with van der Waals surface area (Å²) in [5.41, 5.74) is 2.47. The Bertz CT molecular complexity index is 498. The lowest BCUT2D eigenvalue weighted by Crippen LogP contribution is -2.29. The van der Waals surface area contributed by atoms with E-state index in [0.29, 0.717) is 0 Å². The Kier molecular flexibility index (Phi) is 2.56. The highest BCUT2D eigenvalue weighted by atomic mass is 32.1. The standard InChI is InChI=1S/C13H16N2S/c1-10-5-6-11-12(9-10)16-13(14-11)15-7-3-2-4-8-15/h5-6,9H,2-4,7-8H2,1H3. The molecular weight excluding hydrogens is 216 g/mol. The molecule has 16 heavy (non-hydrogen) atoms. The molecule has 1 saturated heterocycles. The number of thiazole rings is 1. The molecule has 1 aromatic heterocycles. The van der Waals surface area contributed by atoms with Crippen LogP contribution in [-0.2, 0) is 0 Å². The Balaban J connectivity index is 1.97. The van der Waals surface area contributed by atoms with Crippen molar-refractivity contribution < 1.29 is 0 Å². The van der Waals surface area contributed by atoms with Crippen LogP contribution in [0.5, 0.6) is 0 Å². The van der Waals surface area contributed by atoms with Crippen LogP contribution in [-0.4, -0.2) is 18.1 Å². The van der Waals surface area contributed by atoms with Gasteiger partial charge in [-0.15, -0.1) is 0 Å². The van der Waals surface area contributed by atoms with E-state index >= 15 is 0 Å². The number of anilines is 1. The van der Waals surface area contributed by atoms with Crippen molar-refractivity contribution in [1.29, 1.82) is 0 Å². The summed E-state index contributed by atoms with van der Waals surface area (Å²) in [5.74, 6) is 0. The molecule has 1 aliphatic heterocycles. The zero-order valence-corrected chi connectivity index (χ0v) is 10.4. The molecular formula is C13H16N2S. The molecule has 3 rings (SSSR count). The summed E-state index contributed by atoms with van der Waals surface area (Å²) in [6.07, 6.45) is 4.00. The van der Waals surface area contributed by atoms with E-state index < -0.39 is 0 Å². The molecule has 84 valence electrons. The van der Waals surface area contributed by atoms with Crippen LogP contribution in [0.2, 0.25) is 0 Å². The number of fused-ring (bicyclic) bond motifs is 1. The van der Waals surface area contributed by atoms with Crippen LogP contribution in [0, 0.1) is 6.92 Å². The molecule has 0 N–H and O–H groups in total. The SMILES string of the molecule is Cc1ccc2nc(N3CCCCC3)sc2c1. The Morgan fingerprint density at radius 2 is 2.00 bits per heavy atom. The molecule has 2 aromatic rings. The fraction of sp³-hybridized carbons (Fsp3) is 0.462. The summed E-state index contributed by atoms with van der Waals surface area (Å²) in [5, 5.41) is 1.21. The van der Waals surface area contributed by atoms with Crippen LogP contribution in [0.1, 0.15) is 24.8 Å². The number of hydrogen-bond donors (Lipinski definition) is 0. The maximum atomic E-state index is 4.72. The van der Waals surface area contributed by atoms with Gasteiger partial charge in [0.2, 0.25) is 0 Å². The lowest BCUT2D eigenvalue weighted by molar-refractivity contribution is 0.577. The van der Waals surface area contributed by atoms with Gasteiger partial charge in [0.05, 0.1) is 10.2 Å². The first-order valence-corrected chi connectivity index (χ1v) is 6.77. The highest BCUT2D eigenvalue weighted by Gasteiger charge is 2.14. The van der Waals surface area contributed by atoms with Gasteiger partial charge in [-0.05, 0) is 43.9 Å². The Labute approximate surface area is 99.9 Å². The molecule has 0 atom stereocenters. The van der Waals surface area contributed by atoms with Crippen LogP contribution in [0.3, 0.4) is 0 Å². The zero-order valence-electron chi connectivity index (χ0n) is 9.57. The van der Waals surface area contributed by atoms with Crippen molar-refractivity contribution in [2.45, 2.75) is 26.2 Å². The lowest BCUT2D eigenvalue weighted by atomic mass is 10.1. The van der Waals surface area contributed by atoms with Crippen LogP contribution >= 0.6 is 11.3 Å². The van der Waals surface area contributed by atoms with Gasteiger partial charge < -0.3 is 4.90 Å². The van der Waals surface area contributed by atoms with Gasteiger partial charge in [-0.2, -0.15) is 0 Å². The second kappa shape index (κ2) is 4.06. The highest BCUT2D eigenvalue weighted by Crippen LogP contribution is 2.30. The number of rotatable bonds is 1. The summed E-state index contributed by atoms with van der Waals surface area (Å²) in [4.78, 5) is 7.16. The second-order valence-corrected chi connectivity index (χ2v) is 5.52. The van der Waals surface area contributed by atoms with Crippen molar-refractivity contribution in [3.63, 3.8) is 0 Å². The van der Waals surface area contributed by atoms with Gasteiger partial charge in [-0.3, -0.25) is 0 Å². The fourth-order valence-electron chi connectivity index (χ4n) is 2.24. The molecule has 2 heterocycles. The summed E-state index contributed by atoms with van der Waals surface area (Å²) in [6.45, 7) is 4.50. The van der Waals surface area contributed by atoms with Crippen molar-refractivity contribution in [2.24, 2.45) is 0 Å². The van der Waals surface area contributed by atoms with Crippen molar-refractivity contribution in [3.8, 4) is 0 Å². The molecule has 3 heteroatoms. The first-order valence-electron chi connectivity index (χ1n) is 5.95. The maximum absolute atomic E-state index is 4.72. The Morgan fingerprint density at radius 3 is 2.81 bits per heavy atom. The van der Waals surface area contributed by atoms with Gasteiger partial charge in [0, 0.05) is 13.1 Å². The van der Waals surface area contributed by atoms with Gasteiger partial charge in [-0.1, -0.05) is 17.4 Å². The maximum Gasteiger partial charge on any atom is 0.186 e. The van der Waals surface area contributed by atoms with Crippen molar-refractivity contribution in [3.05, 3.63) is 23.8 Å². The van der Waals surface area contributed by atoms with Crippen molar-refractivity contribution in [1.82, 2.24) is 4.98 Å². The number of aromatic nitrogens is 1. The lowest BCUT2D eigenvalue weighted by Gasteiger charge is -2.25. The summed E-state index contributed by atoms with van der Waals surface area (Å²) in [6, 6.07) is 6.51. The van der Waals surface area contributed by atoms with E-state index in [1.54, 1.807) is 0 Å². The minimum atomic E-state index is 1.15. The molecule has 0 unspecified atom stereocenters. The van der Waals surface area contributed by atoms with Gasteiger partial charge in [-0.25, -0.2) is 4.98 Å².